The van der Waals surface area contributed by atoms with Crippen LogP contribution in [-0.4, -0.2) is 38.7 Å². The quantitative estimate of drug-likeness (QED) is 0.572. The maximum Gasteiger partial charge on any atom is 0.261 e. The van der Waals surface area contributed by atoms with Crippen molar-refractivity contribution in [3.63, 3.8) is 0 Å². The first-order valence-corrected chi connectivity index (χ1v) is 12.1. The van der Waals surface area contributed by atoms with Crippen molar-refractivity contribution >= 4 is 28.3 Å². The fourth-order valence-corrected chi connectivity index (χ4v) is 4.47. The molecule has 0 radical (unpaired) electrons. The Labute approximate surface area is 199 Å². The number of aryl methyl sites for hydroxylation is 1. The van der Waals surface area contributed by atoms with Gasteiger partial charge in [-0.05, 0) is 68.4 Å². The van der Waals surface area contributed by atoms with E-state index >= 15 is 0 Å². The topological polar surface area (TPSA) is 107 Å². The van der Waals surface area contributed by atoms with Crippen molar-refractivity contribution < 1.29 is 4.79 Å². The van der Waals surface area contributed by atoms with Gasteiger partial charge in [-0.25, -0.2) is 0 Å². The first-order chi connectivity index (χ1) is 16.5. The van der Waals surface area contributed by atoms with E-state index in [4.69, 9.17) is 10.4 Å². The molecule has 0 unspecified atom stereocenters. The number of amides is 1. The SMILES string of the molecule is CC#N.Cc1cc(Nc2nn(CC3CC3)c3cc[nH]c(=O)c23)ccc1C(=O)N1CCCCCC1. The van der Waals surface area contributed by atoms with Crippen LogP contribution in [0.4, 0.5) is 11.5 Å². The van der Waals surface area contributed by atoms with Crippen LogP contribution in [0.15, 0.2) is 35.3 Å². The Balaban J connectivity index is 0.000000868. The number of benzene rings is 1. The number of pyridine rings is 1. The molecule has 0 spiro atoms. The lowest BCUT2D eigenvalue weighted by molar-refractivity contribution is 0.0761. The molecule has 2 N–H and O–H groups in total. The summed E-state index contributed by atoms with van der Waals surface area (Å²) in [6.45, 7) is 5.91. The van der Waals surface area contributed by atoms with Crippen molar-refractivity contribution in [3.8, 4) is 6.07 Å². The molecule has 178 valence electrons. The van der Waals surface area contributed by atoms with Crippen molar-refractivity contribution in [2.75, 3.05) is 18.4 Å². The first-order valence-electron chi connectivity index (χ1n) is 12.1. The highest BCUT2D eigenvalue weighted by molar-refractivity contribution is 5.96. The van der Waals surface area contributed by atoms with Crippen molar-refractivity contribution in [1.29, 1.82) is 5.26 Å². The van der Waals surface area contributed by atoms with Gasteiger partial charge in [-0.3, -0.25) is 14.3 Å². The maximum atomic E-state index is 13.0. The van der Waals surface area contributed by atoms with Crippen LogP contribution in [-0.2, 0) is 6.54 Å². The average Bonchev–Trinajstić information content (AvgIpc) is 3.61. The first kappa shape index (κ1) is 23.6. The van der Waals surface area contributed by atoms with Crippen LogP contribution in [0, 0.1) is 24.2 Å². The summed E-state index contributed by atoms with van der Waals surface area (Å²) in [5.74, 6) is 1.33. The summed E-state index contributed by atoms with van der Waals surface area (Å²) in [7, 11) is 0. The number of nitrogens with one attached hydrogen (secondary N) is 2. The average molecular weight is 461 g/mol. The third-order valence-electron chi connectivity index (χ3n) is 6.42. The summed E-state index contributed by atoms with van der Waals surface area (Å²) in [6.07, 6.45) is 8.67. The molecule has 0 bridgehead atoms. The molecule has 1 aromatic carbocycles. The summed E-state index contributed by atoms with van der Waals surface area (Å²) in [6, 6.07) is 9.42. The highest BCUT2D eigenvalue weighted by Gasteiger charge is 2.25. The van der Waals surface area contributed by atoms with E-state index in [-0.39, 0.29) is 11.5 Å². The second-order valence-corrected chi connectivity index (χ2v) is 9.13. The number of carbonyl (C=O) groups is 1. The molecule has 1 aliphatic heterocycles. The monoisotopic (exact) mass is 460 g/mol. The molecule has 1 amide bonds. The van der Waals surface area contributed by atoms with Gasteiger partial charge in [0.15, 0.2) is 5.82 Å². The Morgan fingerprint density at radius 1 is 1.21 bits per heavy atom. The van der Waals surface area contributed by atoms with Gasteiger partial charge in [0.1, 0.15) is 5.39 Å². The Kier molecular flexibility index (Phi) is 7.31. The molecule has 1 aliphatic carbocycles. The van der Waals surface area contributed by atoms with E-state index < -0.39 is 0 Å². The van der Waals surface area contributed by atoms with E-state index in [1.54, 1.807) is 12.3 Å². The smallest absolute Gasteiger partial charge is 0.261 e. The van der Waals surface area contributed by atoms with Crippen LogP contribution in [0.1, 0.15) is 61.4 Å². The molecule has 8 nitrogen and oxygen atoms in total. The Bertz CT molecular complexity index is 1260. The Morgan fingerprint density at radius 2 is 1.91 bits per heavy atom. The molecule has 1 saturated heterocycles. The number of H-pyrrole nitrogens is 1. The fourth-order valence-electron chi connectivity index (χ4n) is 4.47. The summed E-state index contributed by atoms with van der Waals surface area (Å²) in [5, 5.41) is 15.9. The van der Waals surface area contributed by atoms with Gasteiger partial charge in [-0.1, -0.05) is 12.8 Å². The number of aromatic nitrogens is 3. The molecule has 8 heteroatoms. The molecule has 1 saturated carbocycles. The van der Waals surface area contributed by atoms with Crippen molar-refractivity contribution in [2.24, 2.45) is 5.92 Å². The van der Waals surface area contributed by atoms with Crippen LogP contribution in [0.5, 0.6) is 0 Å². The number of fused-ring (bicyclic) bond motifs is 1. The van der Waals surface area contributed by atoms with E-state index in [0.717, 1.165) is 54.8 Å². The maximum absolute atomic E-state index is 13.0. The van der Waals surface area contributed by atoms with E-state index in [9.17, 15) is 9.59 Å². The lowest BCUT2D eigenvalue weighted by atomic mass is 10.1. The zero-order valence-electron chi connectivity index (χ0n) is 19.9. The summed E-state index contributed by atoms with van der Waals surface area (Å²) >= 11 is 0. The summed E-state index contributed by atoms with van der Waals surface area (Å²) in [4.78, 5) is 30.3. The number of anilines is 2. The van der Waals surface area contributed by atoms with E-state index in [0.29, 0.717) is 17.1 Å². The van der Waals surface area contributed by atoms with Crippen LogP contribution in [0.25, 0.3) is 10.9 Å². The molecular formula is C26H32N6O2. The standard InChI is InChI=1S/C24H29N5O2.C2H3N/c1-16-14-18(8-9-19(16)24(31)28-12-4-2-3-5-13-28)26-22-21-20(10-11-25-23(21)30)29(27-22)15-17-6-7-17;1-2-3/h8-11,14,17H,2-7,12-13,15H2,1H3,(H,25,30)(H,26,27);1H3. The van der Waals surface area contributed by atoms with Gasteiger partial charge in [-0.2, -0.15) is 10.4 Å². The minimum Gasteiger partial charge on any atom is -0.339 e. The third kappa shape index (κ3) is 5.30. The molecule has 2 fully saturated rings. The fraction of sp³-hybridized carbons (Fsp3) is 0.462. The van der Waals surface area contributed by atoms with Crippen LogP contribution >= 0.6 is 0 Å². The molecule has 5 rings (SSSR count). The van der Waals surface area contributed by atoms with Gasteiger partial charge in [0.25, 0.3) is 11.5 Å². The van der Waals surface area contributed by atoms with Gasteiger partial charge in [0.05, 0.1) is 11.6 Å². The Hall–Kier alpha value is -3.60. The largest absolute Gasteiger partial charge is 0.339 e. The molecule has 2 aliphatic rings. The van der Waals surface area contributed by atoms with Gasteiger partial charge >= 0.3 is 0 Å². The lowest BCUT2D eigenvalue weighted by Gasteiger charge is -2.21. The minimum absolute atomic E-state index is 0.113. The molecule has 3 heterocycles. The number of carbonyl (C=O) groups excluding carboxylic acids is 1. The molecule has 3 aromatic rings. The van der Waals surface area contributed by atoms with Crippen molar-refractivity contribution in [2.45, 2.75) is 58.9 Å². The zero-order chi connectivity index (χ0) is 24.1. The molecule has 34 heavy (non-hydrogen) atoms. The predicted octanol–water partition coefficient (Wildman–Crippen LogP) is 4.73. The number of hydrogen-bond donors (Lipinski definition) is 2. The zero-order valence-corrected chi connectivity index (χ0v) is 19.9. The van der Waals surface area contributed by atoms with Gasteiger partial charge in [0.2, 0.25) is 0 Å². The highest BCUT2D eigenvalue weighted by Crippen LogP contribution is 2.33. The number of aromatic amines is 1. The van der Waals surface area contributed by atoms with E-state index in [1.807, 2.05) is 40.8 Å². The number of rotatable bonds is 5. The second-order valence-electron chi connectivity index (χ2n) is 9.13. The summed E-state index contributed by atoms with van der Waals surface area (Å²) < 4.78 is 1.94. The minimum atomic E-state index is -0.147. The Morgan fingerprint density at radius 3 is 2.56 bits per heavy atom. The normalized spacial score (nSPS) is 15.7. The number of nitriles is 1. The van der Waals surface area contributed by atoms with Gasteiger partial charge < -0.3 is 15.2 Å². The molecule has 0 atom stereocenters. The van der Waals surface area contributed by atoms with Crippen LogP contribution in [0.2, 0.25) is 0 Å². The lowest BCUT2D eigenvalue weighted by Crippen LogP contribution is -2.32. The highest BCUT2D eigenvalue weighted by atomic mass is 16.2. The summed E-state index contributed by atoms with van der Waals surface area (Å²) in [5.41, 5.74) is 3.20. The van der Waals surface area contributed by atoms with Gasteiger partial charge in [0, 0.05) is 44.0 Å². The predicted molar refractivity (Wildman–Crippen MR) is 133 cm³/mol. The van der Waals surface area contributed by atoms with Gasteiger partial charge in [-0.15, -0.1) is 0 Å². The van der Waals surface area contributed by atoms with Crippen LogP contribution < -0.4 is 10.9 Å². The van der Waals surface area contributed by atoms with Crippen molar-refractivity contribution in [1.82, 2.24) is 19.7 Å². The third-order valence-corrected chi connectivity index (χ3v) is 6.42. The number of nitrogens with zero attached hydrogens (tertiary/aromatic N) is 4. The van der Waals surface area contributed by atoms with E-state index in [1.165, 1.54) is 32.6 Å². The van der Waals surface area contributed by atoms with Crippen LogP contribution in [0.3, 0.4) is 0 Å². The second kappa shape index (κ2) is 10.6. The molecule has 2 aromatic heterocycles. The van der Waals surface area contributed by atoms with E-state index in [2.05, 4.69) is 10.3 Å². The number of likely N-dealkylation sites (tertiary alicyclic amines) is 1. The van der Waals surface area contributed by atoms with Crippen molar-refractivity contribution in [3.05, 3.63) is 51.9 Å². The number of hydrogen-bond acceptors (Lipinski definition) is 5. The molecular weight excluding hydrogens is 428 g/mol.